The van der Waals surface area contributed by atoms with E-state index < -0.39 is 0 Å². The van der Waals surface area contributed by atoms with Crippen molar-refractivity contribution in [2.24, 2.45) is 0 Å². The Morgan fingerprint density at radius 3 is 2.55 bits per heavy atom. The van der Waals surface area contributed by atoms with Crippen LogP contribution in [-0.2, 0) is 0 Å². The van der Waals surface area contributed by atoms with Crippen molar-refractivity contribution in [1.82, 2.24) is 10.2 Å². The van der Waals surface area contributed by atoms with Gasteiger partial charge < -0.3 is 19.7 Å². The predicted octanol–water partition coefficient (Wildman–Crippen LogP) is 4.45. The summed E-state index contributed by atoms with van der Waals surface area (Å²) >= 11 is 0. The lowest BCUT2D eigenvalue weighted by molar-refractivity contribution is 0.336. The first-order chi connectivity index (χ1) is 15.8. The number of rotatable bonds is 7. The van der Waals surface area contributed by atoms with Gasteiger partial charge >= 0.3 is 0 Å². The molecule has 0 amide bonds. The second kappa shape index (κ2) is 10.3. The highest BCUT2D eigenvalue weighted by molar-refractivity contribution is 5.74. The Labute approximate surface area is 194 Å². The Morgan fingerprint density at radius 1 is 1.15 bits per heavy atom. The van der Waals surface area contributed by atoms with Crippen molar-refractivity contribution in [3.8, 4) is 11.5 Å². The zero-order chi connectivity index (χ0) is 24.1. The normalized spacial score (nSPS) is 12.4. The van der Waals surface area contributed by atoms with Gasteiger partial charge in [0.05, 0.1) is 25.1 Å². The highest BCUT2D eigenvalue weighted by Crippen LogP contribution is 2.33. The van der Waals surface area contributed by atoms with Crippen molar-refractivity contribution < 1.29 is 13.9 Å². The van der Waals surface area contributed by atoms with E-state index in [2.05, 4.69) is 15.5 Å². The summed E-state index contributed by atoms with van der Waals surface area (Å²) < 4.78 is 25.4. The Hall–Kier alpha value is -3.61. The summed E-state index contributed by atoms with van der Waals surface area (Å²) in [5.41, 5.74) is 3.80. The van der Waals surface area contributed by atoms with Crippen LogP contribution in [0.2, 0.25) is 0 Å². The monoisotopic (exact) mass is 450 g/mol. The van der Waals surface area contributed by atoms with Crippen molar-refractivity contribution >= 4 is 29.0 Å². The molecule has 1 aromatic heterocycles. The molecule has 174 valence electrons. The summed E-state index contributed by atoms with van der Waals surface area (Å²) in [4.78, 5) is 2.04. The van der Waals surface area contributed by atoms with Gasteiger partial charge in [0.2, 0.25) is 0 Å². The first kappa shape index (κ1) is 24.0. The first-order valence-corrected chi connectivity index (χ1v) is 10.9. The van der Waals surface area contributed by atoms with Crippen LogP contribution in [0.5, 0.6) is 11.5 Å². The molecule has 3 rings (SSSR count). The largest absolute Gasteiger partial charge is 0.494 e. The van der Waals surface area contributed by atoms with Crippen LogP contribution in [0, 0.1) is 19.7 Å². The topological polar surface area (TPSA) is 59.5 Å². The first-order valence-electron chi connectivity index (χ1n) is 10.9. The molecule has 2 aromatic carbocycles. The molecule has 0 aliphatic heterocycles. The van der Waals surface area contributed by atoms with Crippen molar-refractivity contribution in [2.75, 3.05) is 31.0 Å². The Kier molecular flexibility index (Phi) is 7.53. The molecule has 0 atom stereocenters. The van der Waals surface area contributed by atoms with Crippen LogP contribution in [0.15, 0.2) is 36.4 Å². The second-order valence-corrected chi connectivity index (χ2v) is 7.71. The number of ether oxygens (including phenoxy) is 2. The van der Waals surface area contributed by atoms with Gasteiger partial charge in [-0.15, -0.1) is 5.10 Å². The van der Waals surface area contributed by atoms with Gasteiger partial charge in [-0.1, -0.05) is 12.1 Å². The lowest BCUT2D eigenvalue weighted by Crippen LogP contribution is -2.37. The Morgan fingerprint density at radius 2 is 1.91 bits per heavy atom. The molecule has 0 unspecified atom stereocenters. The molecule has 3 aromatic rings. The van der Waals surface area contributed by atoms with Gasteiger partial charge in [-0.25, -0.2) is 4.39 Å². The minimum Gasteiger partial charge on any atom is -0.494 e. The molecule has 0 radical (unpaired) electrons. The number of nitrogens with zero attached hydrogens (tertiary/aromatic N) is 3. The molecular formula is C26H31FN4O2. The van der Waals surface area contributed by atoms with Crippen LogP contribution >= 0.6 is 0 Å². The molecule has 0 saturated carbocycles. The van der Waals surface area contributed by atoms with Gasteiger partial charge in [0, 0.05) is 34.9 Å². The molecule has 0 aliphatic carbocycles. The number of halogens is 1. The van der Waals surface area contributed by atoms with E-state index >= 15 is 0 Å². The van der Waals surface area contributed by atoms with Crippen LogP contribution in [0.3, 0.4) is 0 Å². The SMILES string of the molecule is C/C=c1\c(C)nnc(Nc2ccc(C)c(F)c2)\c1=C(/C)N(C)c1ccc(OCC)cc1OC. The quantitative estimate of drug-likeness (QED) is 0.574. The summed E-state index contributed by atoms with van der Waals surface area (Å²) in [6.07, 6.45) is 2.01. The van der Waals surface area contributed by atoms with E-state index in [0.717, 1.165) is 33.3 Å². The molecule has 0 saturated heterocycles. The molecule has 0 aliphatic rings. The summed E-state index contributed by atoms with van der Waals surface area (Å²) in [6, 6.07) is 10.8. The molecule has 7 heteroatoms. The van der Waals surface area contributed by atoms with Crippen molar-refractivity contribution in [3.05, 3.63) is 63.9 Å². The minimum absolute atomic E-state index is 0.277. The van der Waals surface area contributed by atoms with Crippen molar-refractivity contribution in [3.63, 3.8) is 0 Å². The summed E-state index contributed by atoms with van der Waals surface area (Å²) in [6.45, 7) is 10.2. The maximum atomic E-state index is 14.2. The van der Waals surface area contributed by atoms with Crippen molar-refractivity contribution in [2.45, 2.75) is 34.6 Å². The highest BCUT2D eigenvalue weighted by Gasteiger charge is 2.15. The number of aryl methyl sites for hydroxylation is 2. The fourth-order valence-corrected chi connectivity index (χ4v) is 3.69. The molecule has 0 bridgehead atoms. The van der Waals surface area contributed by atoms with E-state index in [4.69, 9.17) is 9.47 Å². The van der Waals surface area contributed by atoms with Gasteiger partial charge in [-0.05, 0) is 64.4 Å². The van der Waals surface area contributed by atoms with E-state index in [1.807, 2.05) is 70.0 Å². The van der Waals surface area contributed by atoms with Crippen LogP contribution in [0.4, 0.5) is 21.6 Å². The number of hydrogen-bond donors (Lipinski definition) is 1. The van der Waals surface area contributed by atoms with Crippen LogP contribution < -0.4 is 30.1 Å². The molecule has 0 fully saturated rings. The smallest absolute Gasteiger partial charge is 0.162 e. The maximum Gasteiger partial charge on any atom is 0.162 e. The molecule has 33 heavy (non-hydrogen) atoms. The van der Waals surface area contributed by atoms with Gasteiger partial charge in [0.1, 0.15) is 17.3 Å². The Bertz CT molecular complexity index is 1270. The Balaban J connectivity index is 2.19. The van der Waals surface area contributed by atoms with Gasteiger partial charge in [0.15, 0.2) is 5.82 Å². The minimum atomic E-state index is -0.277. The summed E-state index contributed by atoms with van der Waals surface area (Å²) in [7, 11) is 3.61. The highest BCUT2D eigenvalue weighted by atomic mass is 19.1. The third-order valence-electron chi connectivity index (χ3n) is 5.61. The maximum absolute atomic E-state index is 14.2. The van der Waals surface area contributed by atoms with E-state index in [0.29, 0.717) is 29.4 Å². The van der Waals surface area contributed by atoms with E-state index in [-0.39, 0.29) is 5.82 Å². The second-order valence-electron chi connectivity index (χ2n) is 7.71. The number of anilines is 3. The number of hydrogen-bond acceptors (Lipinski definition) is 6. The van der Waals surface area contributed by atoms with Crippen molar-refractivity contribution in [1.29, 1.82) is 0 Å². The number of nitrogens with one attached hydrogen (secondary N) is 1. The fraction of sp³-hybridized carbons (Fsp3) is 0.308. The standard InChI is InChI=1S/C26H31FN4O2/c1-8-21-17(4)29-30-26(28-19-11-10-16(3)22(27)14-19)25(21)18(5)31(6)23-13-12-20(33-9-2)15-24(23)32-7/h8,10-15H,9H2,1-7H3,(H,28,30)/b21-8+,25-18+. The summed E-state index contributed by atoms with van der Waals surface area (Å²) in [5.74, 6) is 1.71. The molecule has 1 N–H and O–H groups in total. The zero-order valence-corrected chi connectivity index (χ0v) is 20.3. The van der Waals surface area contributed by atoms with Gasteiger partial charge in [-0.3, -0.25) is 0 Å². The third kappa shape index (κ3) is 5.08. The third-order valence-corrected chi connectivity index (χ3v) is 5.61. The van der Waals surface area contributed by atoms with E-state index in [1.54, 1.807) is 20.1 Å². The predicted molar refractivity (Wildman–Crippen MR) is 132 cm³/mol. The number of benzene rings is 2. The van der Waals surface area contributed by atoms with Gasteiger partial charge in [-0.2, -0.15) is 5.10 Å². The van der Waals surface area contributed by atoms with Crippen LogP contribution in [-0.4, -0.2) is 31.0 Å². The van der Waals surface area contributed by atoms with Crippen LogP contribution in [0.1, 0.15) is 32.0 Å². The number of methoxy groups -OCH3 is 1. The molecule has 6 nitrogen and oxygen atoms in total. The molecular weight excluding hydrogens is 419 g/mol. The van der Waals surface area contributed by atoms with Gasteiger partial charge in [0.25, 0.3) is 0 Å². The fourth-order valence-electron chi connectivity index (χ4n) is 3.69. The van der Waals surface area contributed by atoms with Crippen LogP contribution in [0.25, 0.3) is 11.8 Å². The molecule has 0 spiro atoms. The van der Waals surface area contributed by atoms with E-state index in [9.17, 15) is 4.39 Å². The lowest BCUT2D eigenvalue weighted by Gasteiger charge is -2.24. The lowest BCUT2D eigenvalue weighted by atomic mass is 10.1. The summed E-state index contributed by atoms with van der Waals surface area (Å²) in [5, 5.41) is 13.8. The van der Waals surface area contributed by atoms with E-state index in [1.165, 1.54) is 6.07 Å². The number of aromatic nitrogens is 2. The molecule has 1 heterocycles. The average Bonchev–Trinajstić information content (AvgIpc) is 2.81. The zero-order valence-electron chi connectivity index (χ0n) is 20.3. The average molecular weight is 451 g/mol.